The Morgan fingerprint density at radius 3 is 2.57 bits per heavy atom. The van der Waals surface area contributed by atoms with Crippen molar-refractivity contribution >= 4 is 28.5 Å². The third-order valence-corrected chi connectivity index (χ3v) is 6.42. The summed E-state index contributed by atoms with van der Waals surface area (Å²) in [6, 6.07) is 11.8. The van der Waals surface area contributed by atoms with Crippen LogP contribution in [-0.4, -0.2) is 78.3 Å². The van der Waals surface area contributed by atoms with Gasteiger partial charge >= 0.3 is 0 Å². The van der Waals surface area contributed by atoms with Crippen LogP contribution in [0.2, 0.25) is 0 Å². The Morgan fingerprint density at radius 1 is 1.23 bits per heavy atom. The molecule has 1 saturated heterocycles. The summed E-state index contributed by atoms with van der Waals surface area (Å²) in [4.78, 5) is 41.7. The maximum absolute atomic E-state index is 13.6. The van der Waals surface area contributed by atoms with Crippen LogP contribution in [0.5, 0.6) is 0 Å². The fourth-order valence-electron chi connectivity index (χ4n) is 4.17. The summed E-state index contributed by atoms with van der Waals surface area (Å²) in [5, 5.41) is 17.8. The monoisotopic (exact) mass is 484 g/mol. The number of amides is 3. The summed E-state index contributed by atoms with van der Waals surface area (Å²) in [6.07, 6.45) is 0.156. The highest BCUT2D eigenvalue weighted by Crippen LogP contribution is 2.23. The molecule has 9 nitrogen and oxygen atoms in total. The molecule has 0 radical (unpaired) electrons. The first-order valence-corrected chi connectivity index (χ1v) is 12.0. The number of carbonyl (C=O) groups excluding carboxylic acids is 3. The van der Waals surface area contributed by atoms with Crippen LogP contribution in [0.25, 0.3) is 10.8 Å². The van der Waals surface area contributed by atoms with Gasteiger partial charge in [-0.25, -0.2) is 0 Å². The lowest BCUT2D eigenvalue weighted by Crippen LogP contribution is -2.61. The lowest BCUT2D eigenvalue weighted by molar-refractivity contribution is -0.164. The van der Waals surface area contributed by atoms with Gasteiger partial charge in [0.1, 0.15) is 11.6 Å². The average molecular weight is 485 g/mol. The number of nitrogens with one attached hydrogen (secondary N) is 2. The number of aliphatic hydroxyl groups is 1. The second-order valence-electron chi connectivity index (χ2n) is 9.41. The van der Waals surface area contributed by atoms with E-state index in [-0.39, 0.29) is 19.4 Å². The molecule has 5 N–H and O–H groups in total. The number of fused-ring (bicyclic) bond motifs is 1. The van der Waals surface area contributed by atoms with Crippen LogP contribution in [0, 0.1) is 0 Å². The molecular formula is C26H36N4O5. The van der Waals surface area contributed by atoms with E-state index in [1.54, 1.807) is 13.8 Å². The Kier molecular flexibility index (Phi) is 8.96. The highest BCUT2D eigenvalue weighted by Gasteiger charge is 2.45. The average Bonchev–Trinajstić information content (AvgIpc) is 3.29. The van der Waals surface area contributed by atoms with Gasteiger partial charge in [-0.1, -0.05) is 42.5 Å². The van der Waals surface area contributed by atoms with Gasteiger partial charge in [-0.15, -0.1) is 0 Å². The van der Waals surface area contributed by atoms with Gasteiger partial charge in [0.05, 0.1) is 12.1 Å². The fourth-order valence-corrected chi connectivity index (χ4v) is 4.17. The van der Waals surface area contributed by atoms with E-state index < -0.39 is 41.5 Å². The summed E-state index contributed by atoms with van der Waals surface area (Å²) < 4.78 is 5.39. The van der Waals surface area contributed by atoms with Crippen LogP contribution in [0.4, 0.5) is 0 Å². The Balaban J connectivity index is 2.01. The number of imide groups is 1. The third-order valence-electron chi connectivity index (χ3n) is 6.42. The van der Waals surface area contributed by atoms with Crippen LogP contribution in [0.1, 0.15) is 32.3 Å². The smallest absolute Gasteiger partial charge is 0.261 e. The molecule has 1 aliphatic heterocycles. The lowest BCUT2D eigenvalue weighted by atomic mass is 9.97. The van der Waals surface area contributed by atoms with E-state index in [1.807, 2.05) is 42.5 Å². The Morgan fingerprint density at radius 2 is 1.94 bits per heavy atom. The molecule has 35 heavy (non-hydrogen) atoms. The van der Waals surface area contributed by atoms with Crippen LogP contribution < -0.4 is 16.4 Å². The first-order valence-electron chi connectivity index (χ1n) is 12.0. The van der Waals surface area contributed by atoms with Crippen molar-refractivity contribution in [2.24, 2.45) is 5.73 Å². The fraction of sp³-hybridized carbons (Fsp3) is 0.500. The molecule has 3 amide bonds. The normalized spacial score (nSPS) is 18.9. The van der Waals surface area contributed by atoms with E-state index in [1.165, 1.54) is 7.11 Å². The molecule has 3 atom stereocenters. The molecule has 1 aliphatic rings. The zero-order chi connectivity index (χ0) is 25.6. The topological polar surface area (TPSA) is 134 Å². The van der Waals surface area contributed by atoms with Gasteiger partial charge in [0.25, 0.3) is 5.91 Å². The van der Waals surface area contributed by atoms with Crippen LogP contribution in [0.15, 0.2) is 42.5 Å². The summed E-state index contributed by atoms with van der Waals surface area (Å²) in [6.45, 7) is 4.09. The van der Waals surface area contributed by atoms with E-state index in [2.05, 4.69) is 10.6 Å². The molecule has 1 heterocycles. The summed E-state index contributed by atoms with van der Waals surface area (Å²) in [5.74, 6) is -1.62. The van der Waals surface area contributed by atoms with Crippen molar-refractivity contribution in [3.8, 4) is 0 Å². The minimum absolute atomic E-state index is 0.131. The van der Waals surface area contributed by atoms with Gasteiger partial charge in [-0.2, -0.15) is 0 Å². The van der Waals surface area contributed by atoms with Gasteiger partial charge in [0.2, 0.25) is 11.8 Å². The van der Waals surface area contributed by atoms with Crippen molar-refractivity contribution in [3.63, 3.8) is 0 Å². The van der Waals surface area contributed by atoms with Crippen molar-refractivity contribution < 1.29 is 24.2 Å². The summed E-state index contributed by atoms with van der Waals surface area (Å²) in [7, 11) is 1.39. The quantitative estimate of drug-likeness (QED) is 0.365. The SMILES string of the molecule is COC(C)(C)C(=O)N(C(=O)[C@@H]1C[C@@H](O)CN1)[C@H](Cc1ccc2ccccc2c1)C(=O)NCCCN. The molecule has 0 spiro atoms. The van der Waals surface area contributed by atoms with Gasteiger partial charge < -0.3 is 26.2 Å². The predicted octanol–water partition coefficient (Wildman–Crippen LogP) is 0.719. The maximum Gasteiger partial charge on any atom is 0.261 e. The zero-order valence-electron chi connectivity index (χ0n) is 20.6. The first-order chi connectivity index (χ1) is 16.7. The van der Waals surface area contributed by atoms with Crippen molar-refractivity contribution in [1.29, 1.82) is 0 Å². The number of nitrogens with zero attached hydrogens (tertiary/aromatic N) is 1. The molecule has 0 bridgehead atoms. The number of β-amino-alcohol motifs (C(OH)–C–C–N with tert-alkyl or cyclic N) is 1. The first kappa shape index (κ1) is 26.7. The van der Waals surface area contributed by atoms with Crippen LogP contribution >= 0.6 is 0 Å². The van der Waals surface area contributed by atoms with Crippen molar-refractivity contribution in [3.05, 3.63) is 48.0 Å². The highest BCUT2D eigenvalue weighted by molar-refractivity contribution is 6.05. The number of methoxy groups -OCH3 is 1. The zero-order valence-corrected chi connectivity index (χ0v) is 20.6. The van der Waals surface area contributed by atoms with Crippen molar-refractivity contribution in [1.82, 2.24) is 15.5 Å². The van der Waals surface area contributed by atoms with Gasteiger partial charge in [0, 0.05) is 26.6 Å². The van der Waals surface area contributed by atoms with E-state index >= 15 is 0 Å². The largest absolute Gasteiger partial charge is 0.392 e. The number of benzene rings is 2. The number of hydrogen-bond donors (Lipinski definition) is 4. The molecule has 190 valence electrons. The van der Waals surface area contributed by atoms with E-state index in [0.717, 1.165) is 21.2 Å². The highest BCUT2D eigenvalue weighted by atomic mass is 16.5. The number of nitrogens with two attached hydrogens (primary N) is 1. The number of hydrogen-bond acceptors (Lipinski definition) is 7. The van der Waals surface area contributed by atoms with E-state index in [4.69, 9.17) is 10.5 Å². The second-order valence-corrected chi connectivity index (χ2v) is 9.41. The molecular weight excluding hydrogens is 448 g/mol. The molecule has 0 saturated carbocycles. The van der Waals surface area contributed by atoms with Gasteiger partial charge in [-0.3, -0.25) is 19.3 Å². The van der Waals surface area contributed by atoms with E-state index in [9.17, 15) is 19.5 Å². The Labute approximate surface area is 206 Å². The number of carbonyl (C=O) groups is 3. The Bertz CT molecular complexity index is 1060. The van der Waals surface area contributed by atoms with Crippen molar-refractivity contribution in [2.45, 2.75) is 56.9 Å². The standard InChI is InChI=1S/C26H36N4O5/c1-26(2,35-3)25(34)30(24(33)21-15-20(31)16-29-21)22(23(32)28-12-6-11-27)14-17-9-10-18-7-4-5-8-19(18)13-17/h4-5,7-10,13,20-22,29,31H,6,11-12,14-16,27H2,1-3H3,(H,28,32)/t20-,21+,22-/m1/s1. The van der Waals surface area contributed by atoms with Crippen LogP contribution in [0.3, 0.4) is 0 Å². The summed E-state index contributed by atoms with van der Waals surface area (Å²) in [5.41, 5.74) is 5.04. The van der Waals surface area contributed by atoms with Crippen molar-refractivity contribution in [2.75, 3.05) is 26.7 Å². The minimum Gasteiger partial charge on any atom is -0.392 e. The molecule has 3 rings (SSSR count). The second kappa shape index (κ2) is 11.7. The molecule has 1 fully saturated rings. The Hall–Kier alpha value is -2.85. The van der Waals surface area contributed by atoms with Gasteiger partial charge in [0.15, 0.2) is 0 Å². The number of aliphatic hydroxyl groups excluding tert-OH is 1. The predicted molar refractivity (Wildman–Crippen MR) is 133 cm³/mol. The summed E-state index contributed by atoms with van der Waals surface area (Å²) >= 11 is 0. The maximum atomic E-state index is 13.6. The lowest BCUT2D eigenvalue weighted by Gasteiger charge is -2.36. The van der Waals surface area contributed by atoms with E-state index in [0.29, 0.717) is 19.5 Å². The molecule has 2 aromatic carbocycles. The molecule has 0 unspecified atom stereocenters. The van der Waals surface area contributed by atoms with Crippen LogP contribution in [-0.2, 0) is 25.5 Å². The molecule has 9 heteroatoms. The molecule has 0 aliphatic carbocycles. The molecule has 2 aromatic rings. The van der Waals surface area contributed by atoms with Gasteiger partial charge in [-0.05, 0) is 49.6 Å². The number of ether oxygens (including phenoxy) is 1. The number of rotatable bonds is 10. The third kappa shape index (κ3) is 6.43. The minimum atomic E-state index is -1.34. The molecule has 0 aromatic heterocycles.